The number of aryl methyl sites for hydroxylation is 1. The number of thiophene rings is 1. The van der Waals surface area contributed by atoms with Crippen molar-refractivity contribution in [2.75, 3.05) is 0 Å². The minimum Gasteiger partial charge on any atom is -0.430 e. The smallest absolute Gasteiger partial charge is 0.309 e. The summed E-state index contributed by atoms with van der Waals surface area (Å²) in [4.78, 5) is 0. The van der Waals surface area contributed by atoms with Crippen molar-refractivity contribution in [3.8, 4) is 11.1 Å². The molecule has 1 heterocycles. The predicted octanol–water partition coefficient (Wildman–Crippen LogP) is 5.63. The molecule has 0 atom stereocenters. The summed E-state index contributed by atoms with van der Waals surface area (Å²) >= 11 is 1.88. The molecule has 0 bridgehead atoms. The summed E-state index contributed by atoms with van der Waals surface area (Å²) in [5.74, 6) is 0. The number of fused-ring (bicyclic) bond motifs is 3. The van der Waals surface area contributed by atoms with E-state index in [9.17, 15) is 0 Å². The van der Waals surface area contributed by atoms with Crippen molar-refractivity contribution < 1.29 is 4.65 Å². The molecule has 3 aromatic carbocycles. The Morgan fingerprint density at radius 3 is 2.24 bits per heavy atom. The van der Waals surface area contributed by atoms with Crippen LogP contribution in [-0.4, -0.2) is 20.9 Å². The van der Waals surface area contributed by atoms with Crippen LogP contribution in [0, 0.1) is 6.92 Å². The normalized spacial score (nSPS) is 12.6. The van der Waals surface area contributed by atoms with Crippen LogP contribution in [0.5, 0.6) is 0 Å². The molecule has 0 aliphatic rings. The lowest BCUT2D eigenvalue weighted by Gasteiger charge is -2.39. The van der Waals surface area contributed by atoms with Crippen molar-refractivity contribution in [1.82, 2.24) is 0 Å². The third-order valence-corrected chi connectivity index (χ3v) is 7.53. The highest BCUT2D eigenvalue weighted by Gasteiger charge is 2.33. The summed E-state index contributed by atoms with van der Waals surface area (Å²) in [6.07, 6.45) is 0. The van der Waals surface area contributed by atoms with Gasteiger partial charge in [0.25, 0.3) is 0 Å². The third-order valence-electron chi connectivity index (χ3n) is 6.40. The summed E-state index contributed by atoms with van der Waals surface area (Å²) in [5, 5.41) is 2.85. The van der Waals surface area contributed by atoms with E-state index in [0.29, 0.717) is 7.48 Å². The van der Waals surface area contributed by atoms with Gasteiger partial charge in [-0.05, 0) is 61.0 Å². The molecular weight excluding hydrogens is 370 g/mol. The van der Waals surface area contributed by atoms with Crippen LogP contribution in [0.3, 0.4) is 0 Å². The fourth-order valence-electron chi connectivity index (χ4n) is 3.46. The van der Waals surface area contributed by atoms with Gasteiger partial charge >= 0.3 is 7.48 Å². The molecule has 0 aliphatic carbocycles. The molecule has 1 aromatic heterocycles. The van der Waals surface area contributed by atoms with Gasteiger partial charge in [-0.1, -0.05) is 61.8 Å². The van der Waals surface area contributed by atoms with Crippen molar-refractivity contribution in [1.29, 1.82) is 0 Å². The molecular formula is C25H28B2OS. The second-order valence-corrected chi connectivity index (χ2v) is 10.6. The quantitative estimate of drug-likeness (QED) is 0.396. The van der Waals surface area contributed by atoms with Crippen LogP contribution in [0.2, 0.25) is 5.31 Å². The molecule has 0 unspecified atom stereocenters. The summed E-state index contributed by atoms with van der Waals surface area (Å²) in [6, 6.07) is 22.2. The number of hydrogen-bond acceptors (Lipinski definition) is 2. The van der Waals surface area contributed by atoms with Crippen LogP contribution in [0.15, 0.2) is 60.7 Å². The highest BCUT2D eigenvalue weighted by atomic mass is 32.1. The molecule has 0 N–H and O–H groups in total. The molecule has 0 aliphatic heterocycles. The van der Waals surface area contributed by atoms with Gasteiger partial charge in [-0.15, -0.1) is 11.3 Å². The van der Waals surface area contributed by atoms with E-state index in [-0.39, 0.29) is 10.9 Å². The van der Waals surface area contributed by atoms with Gasteiger partial charge < -0.3 is 4.65 Å². The molecule has 0 saturated heterocycles. The van der Waals surface area contributed by atoms with Gasteiger partial charge in [-0.3, -0.25) is 0 Å². The van der Waals surface area contributed by atoms with Crippen LogP contribution in [0.4, 0.5) is 0 Å². The van der Waals surface area contributed by atoms with Crippen LogP contribution in [-0.2, 0) is 4.65 Å². The first kappa shape index (κ1) is 20.3. The molecule has 4 aromatic rings. The highest BCUT2D eigenvalue weighted by Crippen LogP contribution is 2.38. The lowest BCUT2D eigenvalue weighted by molar-refractivity contribution is 0.0767. The Balaban J connectivity index is 1.61. The monoisotopic (exact) mass is 398 g/mol. The number of benzene rings is 3. The molecule has 4 rings (SSSR count). The zero-order valence-electron chi connectivity index (χ0n) is 18.3. The van der Waals surface area contributed by atoms with E-state index in [4.69, 9.17) is 4.65 Å². The largest absolute Gasteiger partial charge is 0.430 e. The molecule has 0 spiro atoms. The SMILES string of the molecule is BC(C)(C)C(C)(C)OBc1ccc(-c2ccc3sc4cccc(C)c4c3c2)cc1. The van der Waals surface area contributed by atoms with Gasteiger partial charge in [0.15, 0.2) is 0 Å². The first-order chi connectivity index (χ1) is 13.7. The standard InChI is InChI=1S/C25H28B2OS/c1-16-7-6-8-22-23(16)20-15-18(11-14-21(20)29-22)17-9-12-19(13-10-17)27-28-25(4,5)24(2,3)26/h6-15,27H,26H2,1-5H3. The van der Waals surface area contributed by atoms with Gasteiger partial charge in [0.2, 0.25) is 0 Å². The zero-order chi connectivity index (χ0) is 20.8. The van der Waals surface area contributed by atoms with E-state index in [1.165, 1.54) is 42.3 Å². The molecule has 1 nitrogen and oxygen atoms in total. The molecule has 29 heavy (non-hydrogen) atoms. The van der Waals surface area contributed by atoms with Gasteiger partial charge in [0, 0.05) is 25.8 Å². The fraction of sp³-hybridized carbons (Fsp3) is 0.280. The Morgan fingerprint density at radius 1 is 0.862 bits per heavy atom. The molecule has 0 fully saturated rings. The zero-order valence-corrected chi connectivity index (χ0v) is 19.1. The van der Waals surface area contributed by atoms with Gasteiger partial charge in [-0.25, -0.2) is 0 Å². The van der Waals surface area contributed by atoms with E-state index in [0.717, 1.165) is 0 Å². The van der Waals surface area contributed by atoms with Crippen molar-refractivity contribution >= 4 is 52.3 Å². The second-order valence-electron chi connectivity index (χ2n) is 9.51. The van der Waals surface area contributed by atoms with E-state index < -0.39 is 0 Å². The molecule has 0 radical (unpaired) electrons. The van der Waals surface area contributed by atoms with E-state index in [1.54, 1.807) is 0 Å². The summed E-state index contributed by atoms with van der Waals surface area (Å²) in [5.41, 5.74) is 4.90. The number of rotatable bonds is 5. The summed E-state index contributed by atoms with van der Waals surface area (Å²) in [7, 11) is 2.86. The Bertz CT molecular complexity index is 1170. The maximum Gasteiger partial charge on any atom is 0.309 e. The minimum atomic E-state index is -0.172. The van der Waals surface area contributed by atoms with Gasteiger partial charge in [0.05, 0.1) is 0 Å². The molecule has 146 valence electrons. The van der Waals surface area contributed by atoms with E-state index in [1.807, 2.05) is 11.3 Å². The van der Waals surface area contributed by atoms with Gasteiger partial charge in [0.1, 0.15) is 7.85 Å². The maximum atomic E-state index is 6.24. The van der Waals surface area contributed by atoms with Gasteiger partial charge in [-0.2, -0.15) is 0 Å². The first-order valence-electron chi connectivity index (χ1n) is 10.3. The highest BCUT2D eigenvalue weighted by molar-refractivity contribution is 7.25. The predicted molar refractivity (Wildman–Crippen MR) is 134 cm³/mol. The van der Waals surface area contributed by atoms with Crippen LogP contribution >= 0.6 is 11.3 Å². The van der Waals surface area contributed by atoms with Crippen molar-refractivity contribution in [3.05, 3.63) is 66.2 Å². The van der Waals surface area contributed by atoms with Crippen LogP contribution < -0.4 is 5.46 Å². The Kier molecular flexibility index (Phi) is 5.13. The lowest BCUT2D eigenvalue weighted by Crippen LogP contribution is -2.40. The van der Waals surface area contributed by atoms with Crippen LogP contribution in [0.25, 0.3) is 31.3 Å². The topological polar surface area (TPSA) is 9.23 Å². The van der Waals surface area contributed by atoms with Crippen molar-refractivity contribution in [2.24, 2.45) is 0 Å². The minimum absolute atomic E-state index is 0.101. The Hall–Kier alpha value is -2.03. The average Bonchev–Trinajstić information content (AvgIpc) is 3.05. The Labute approximate surface area is 179 Å². The number of hydrogen-bond donors (Lipinski definition) is 0. The fourth-order valence-corrected chi connectivity index (χ4v) is 4.62. The lowest BCUT2D eigenvalue weighted by atomic mass is 9.61. The van der Waals surface area contributed by atoms with E-state index >= 15 is 0 Å². The Morgan fingerprint density at radius 2 is 1.55 bits per heavy atom. The average molecular weight is 398 g/mol. The summed E-state index contributed by atoms with van der Waals surface area (Å²) in [6.45, 7) is 11.0. The van der Waals surface area contributed by atoms with E-state index in [2.05, 4.69) is 103 Å². The molecule has 0 saturated carbocycles. The second kappa shape index (κ2) is 7.34. The van der Waals surface area contributed by atoms with Crippen molar-refractivity contribution in [2.45, 2.75) is 45.5 Å². The maximum absolute atomic E-state index is 6.24. The molecule has 0 amide bonds. The summed E-state index contributed by atoms with van der Waals surface area (Å²) < 4.78 is 8.96. The van der Waals surface area contributed by atoms with Crippen LogP contribution in [0.1, 0.15) is 33.3 Å². The third kappa shape index (κ3) is 3.89. The van der Waals surface area contributed by atoms with Crippen molar-refractivity contribution in [3.63, 3.8) is 0 Å². The molecule has 4 heteroatoms. The first-order valence-corrected chi connectivity index (χ1v) is 11.1.